The quantitative estimate of drug-likeness (QED) is 0.289. The molecule has 1 aromatic rings. The summed E-state index contributed by atoms with van der Waals surface area (Å²) < 4.78 is 10.7. The van der Waals surface area contributed by atoms with Crippen LogP contribution in [0.3, 0.4) is 0 Å². The molecule has 0 aliphatic rings. The topological polar surface area (TPSA) is 58.1 Å². The number of benzene rings is 1. The molecule has 6 heteroatoms. The van der Waals surface area contributed by atoms with Crippen molar-refractivity contribution in [1.29, 1.82) is 0 Å². The Morgan fingerprint density at radius 3 is 2.36 bits per heavy atom. The lowest BCUT2D eigenvalue weighted by Crippen LogP contribution is -2.38. The first-order valence-electron chi connectivity index (χ1n) is 10.5. The zero-order valence-corrected chi connectivity index (χ0v) is 18.5. The smallest absolute Gasteiger partial charge is 0.191 e. The van der Waals surface area contributed by atoms with Crippen LogP contribution in [-0.2, 0) is 6.42 Å². The summed E-state index contributed by atoms with van der Waals surface area (Å²) in [4.78, 5) is 6.94. The Morgan fingerprint density at radius 2 is 1.68 bits per heavy atom. The summed E-state index contributed by atoms with van der Waals surface area (Å²) in [6, 6.07) is 6.05. The summed E-state index contributed by atoms with van der Waals surface area (Å²) in [7, 11) is 7.59. The Hall–Kier alpha value is -1.95. The van der Waals surface area contributed by atoms with Gasteiger partial charge >= 0.3 is 0 Å². The zero-order valence-electron chi connectivity index (χ0n) is 18.5. The van der Waals surface area contributed by atoms with Crippen LogP contribution in [-0.4, -0.2) is 65.4 Å². The summed E-state index contributed by atoms with van der Waals surface area (Å²) in [6.45, 7) is 5.85. The SMILES string of the molecule is CCNC(=NCCCCCCCN(C)C)NCCc1ccc(OC)c(OC)c1. The molecule has 0 heterocycles. The lowest BCUT2D eigenvalue weighted by molar-refractivity contribution is 0.354. The second-order valence-corrected chi connectivity index (χ2v) is 7.20. The highest BCUT2D eigenvalue weighted by Gasteiger charge is 2.05. The molecular weight excluding hydrogens is 352 g/mol. The number of methoxy groups -OCH3 is 2. The Bertz CT molecular complexity index is 561. The molecular formula is C22H40N4O2. The van der Waals surface area contributed by atoms with Gasteiger partial charge in [0.2, 0.25) is 0 Å². The number of hydrogen-bond donors (Lipinski definition) is 2. The molecule has 0 aromatic heterocycles. The van der Waals surface area contributed by atoms with Crippen LogP contribution in [0.5, 0.6) is 11.5 Å². The van der Waals surface area contributed by atoms with Gasteiger partial charge in [0.05, 0.1) is 14.2 Å². The number of rotatable bonds is 14. The molecule has 0 bridgehead atoms. The van der Waals surface area contributed by atoms with E-state index in [1.54, 1.807) is 14.2 Å². The molecule has 160 valence electrons. The molecule has 0 saturated heterocycles. The fraction of sp³-hybridized carbons (Fsp3) is 0.682. The molecule has 0 amide bonds. The van der Waals surface area contributed by atoms with E-state index in [1.165, 1.54) is 37.8 Å². The van der Waals surface area contributed by atoms with Crippen molar-refractivity contribution in [3.63, 3.8) is 0 Å². The van der Waals surface area contributed by atoms with E-state index in [4.69, 9.17) is 14.5 Å². The van der Waals surface area contributed by atoms with Crippen LogP contribution in [0.4, 0.5) is 0 Å². The minimum absolute atomic E-state index is 0.760. The van der Waals surface area contributed by atoms with Crippen molar-refractivity contribution in [2.45, 2.75) is 45.4 Å². The van der Waals surface area contributed by atoms with E-state index in [1.807, 2.05) is 12.1 Å². The number of aliphatic imine (C=N–C) groups is 1. The third kappa shape index (κ3) is 10.4. The van der Waals surface area contributed by atoms with Gasteiger partial charge in [-0.15, -0.1) is 0 Å². The Balaban J connectivity index is 2.31. The van der Waals surface area contributed by atoms with Gasteiger partial charge in [0, 0.05) is 19.6 Å². The van der Waals surface area contributed by atoms with Crippen LogP contribution in [0.25, 0.3) is 0 Å². The third-order valence-electron chi connectivity index (χ3n) is 4.53. The van der Waals surface area contributed by atoms with E-state index in [2.05, 4.69) is 42.6 Å². The molecule has 0 atom stereocenters. The van der Waals surface area contributed by atoms with Gasteiger partial charge in [-0.2, -0.15) is 0 Å². The van der Waals surface area contributed by atoms with E-state index in [0.29, 0.717) is 0 Å². The highest BCUT2D eigenvalue weighted by molar-refractivity contribution is 5.79. The fourth-order valence-electron chi connectivity index (χ4n) is 2.96. The Labute approximate surface area is 171 Å². The van der Waals surface area contributed by atoms with Gasteiger partial charge in [-0.1, -0.05) is 25.3 Å². The number of unbranched alkanes of at least 4 members (excludes halogenated alkanes) is 4. The van der Waals surface area contributed by atoms with Crippen LogP contribution in [0.2, 0.25) is 0 Å². The first-order valence-corrected chi connectivity index (χ1v) is 10.5. The van der Waals surface area contributed by atoms with Crippen molar-refractivity contribution < 1.29 is 9.47 Å². The third-order valence-corrected chi connectivity index (χ3v) is 4.53. The normalized spacial score (nSPS) is 11.6. The van der Waals surface area contributed by atoms with Gasteiger partial charge in [0.1, 0.15) is 0 Å². The van der Waals surface area contributed by atoms with E-state index >= 15 is 0 Å². The molecule has 28 heavy (non-hydrogen) atoms. The van der Waals surface area contributed by atoms with Crippen LogP contribution in [0.1, 0.15) is 44.6 Å². The summed E-state index contributed by atoms with van der Waals surface area (Å²) in [5.74, 6) is 2.43. The van der Waals surface area contributed by atoms with Gasteiger partial charge in [0.25, 0.3) is 0 Å². The molecule has 0 aliphatic carbocycles. The van der Waals surface area contributed by atoms with Crippen LogP contribution in [0.15, 0.2) is 23.2 Å². The Kier molecular flexibility index (Phi) is 12.9. The largest absolute Gasteiger partial charge is 0.493 e. The van der Waals surface area contributed by atoms with E-state index in [0.717, 1.165) is 49.9 Å². The lowest BCUT2D eigenvalue weighted by atomic mass is 10.1. The maximum Gasteiger partial charge on any atom is 0.191 e. The molecule has 0 radical (unpaired) electrons. The van der Waals surface area contributed by atoms with E-state index in [9.17, 15) is 0 Å². The highest BCUT2D eigenvalue weighted by Crippen LogP contribution is 2.27. The number of hydrogen-bond acceptors (Lipinski definition) is 4. The Morgan fingerprint density at radius 1 is 0.964 bits per heavy atom. The lowest BCUT2D eigenvalue weighted by Gasteiger charge is -2.13. The van der Waals surface area contributed by atoms with Crippen molar-refractivity contribution in [1.82, 2.24) is 15.5 Å². The number of nitrogens with zero attached hydrogens (tertiary/aromatic N) is 2. The highest BCUT2D eigenvalue weighted by atomic mass is 16.5. The summed E-state index contributed by atoms with van der Waals surface area (Å²) in [6.07, 6.45) is 7.20. The van der Waals surface area contributed by atoms with E-state index in [-0.39, 0.29) is 0 Å². The molecule has 2 N–H and O–H groups in total. The summed E-state index contributed by atoms with van der Waals surface area (Å²) in [5, 5.41) is 6.74. The van der Waals surface area contributed by atoms with Gasteiger partial charge in [-0.3, -0.25) is 4.99 Å². The minimum atomic E-state index is 0.760. The summed E-state index contributed by atoms with van der Waals surface area (Å²) in [5.41, 5.74) is 1.21. The average Bonchev–Trinajstić information content (AvgIpc) is 2.69. The number of nitrogens with one attached hydrogen (secondary N) is 2. The van der Waals surface area contributed by atoms with Gasteiger partial charge in [0.15, 0.2) is 17.5 Å². The molecule has 0 fully saturated rings. The average molecular weight is 393 g/mol. The van der Waals surface area contributed by atoms with Gasteiger partial charge < -0.3 is 25.0 Å². The molecule has 1 rings (SSSR count). The molecule has 0 spiro atoms. The zero-order chi connectivity index (χ0) is 20.6. The second-order valence-electron chi connectivity index (χ2n) is 7.20. The van der Waals surface area contributed by atoms with Crippen molar-refractivity contribution >= 4 is 5.96 Å². The summed E-state index contributed by atoms with van der Waals surface area (Å²) >= 11 is 0. The minimum Gasteiger partial charge on any atom is -0.493 e. The standard InChI is InChI=1S/C22H40N4O2/c1-6-23-22(24-15-10-8-7-9-11-17-26(2)3)25-16-14-19-12-13-20(27-4)21(18-19)28-5/h12-13,18H,6-11,14-17H2,1-5H3,(H2,23,24,25). The van der Waals surface area contributed by atoms with Gasteiger partial charge in [-0.25, -0.2) is 0 Å². The predicted molar refractivity (Wildman–Crippen MR) is 119 cm³/mol. The van der Waals surface area contributed by atoms with Crippen molar-refractivity contribution in [3.05, 3.63) is 23.8 Å². The molecule has 0 saturated carbocycles. The van der Waals surface area contributed by atoms with Crippen molar-refractivity contribution in [2.75, 3.05) is 54.5 Å². The van der Waals surface area contributed by atoms with Crippen LogP contribution in [0, 0.1) is 0 Å². The monoisotopic (exact) mass is 392 g/mol. The maximum absolute atomic E-state index is 5.37. The first-order chi connectivity index (χ1) is 13.6. The van der Waals surface area contributed by atoms with Gasteiger partial charge in [-0.05, 0) is 64.5 Å². The van der Waals surface area contributed by atoms with Crippen molar-refractivity contribution in [3.8, 4) is 11.5 Å². The van der Waals surface area contributed by atoms with Crippen molar-refractivity contribution in [2.24, 2.45) is 4.99 Å². The fourth-order valence-corrected chi connectivity index (χ4v) is 2.96. The second kappa shape index (κ2) is 15.0. The molecule has 1 aromatic carbocycles. The molecule has 6 nitrogen and oxygen atoms in total. The van der Waals surface area contributed by atoms with E-state index < -0.39 is 0 Å². The van der Waals surface area contributed by atoms with Crippen LogP contribution < -0.4 is 20.1 Å². The molecule has 0 aliphatic heterocycles. The number of ether oxygens (including phenoxy) is 2. The predicted octanol–water partition coefficient (Wildman–Crippen LogP) is 3.31. The maximum atomic E-state index is 5.37. The molecule has 0 unspecified atom stereocenters. The number of guanidine groups is 1. The first kappa shape index (κ1) is 24.1. The van der Waals surface area contributed by atoms with Crippen LogP contribution >= 0.6 is 0 Å².